The van der Waals surface area contributed by atoms with Crippen molar-refractivity contribution in [1.29, 1.82) is 0 Å². The number of carbonyl (C=O) groups is 1. The highest BCUT2D eigenvalue weighted by Crippen LogP contribution is 2.25. The highest BCUT2D eigenvalue weighted by atomic mass is 32.2. The van der Waals surface area contributed by atoms with Crippen molar-refractivity contribution in [2.45, 2.75) is 51.3 Å². The SMILES string of the molecule is COC(C)(C)CC(C)N(CC(=O)O)C1CCS(=O)(=O)C1. The van der Waals surface area contributed by atoms with Gasteiger partial charge in [-0.2, -0.15) is 0 Å². The summed E-state index contributed by atoms with van der Waals surface area (Å²) >= 11 is 0. The molecule has 0 bridgehead atoms. The van der Waals surface area contributed by atoms with Gasteiger partial charge in [0.2, 0.25) is 0 Å². The van der Waals surface area contributed by atoms with Crippen LogP contribution >= 0.6 is 0 Å². The van der Waals surface area contributed by atoms with E-state index in [1.807, 2.05) is 20.8 Å². The molecule has 0 aromatic rings. The van der Waals surface area contributed by atoms with Crippen molar-refractivity contribution in [3.63, 3.8) is 0 Å². The van der Waals surface area contributed by atoms with E-state index in [9.17, 15) is 13.2 Å². The largest absolute Gasteiger partial charge is 0.480 e. The van der Waals surface area contributed by atoms with E-state index in [0.29, 0.717) is 12.8 Å². The molecule has 1 saturated heterocycles. The quantitative estimate of drug-likeness (QED) is 0.748. The molecule has 2 unspecified atom stereocenters. The van der Waals surface area contributed by atoms with Gasteiger partial charge < -0.3 is 9.84 Å². The van der Waals surface area contributed by atoms with E-state index in [0.717, 1.165) is 0 Å². The van der Waals surface area contributed by atoms with Crippen LogP contribution in [-0.2, 0) is 19.4 Å². The van der Waals surface area contributed by atoms with Gasteiger partial charge in [-0.1, -0.05) is 0 Å². The van der Waals surface area contributed by atoms with E-state index in [1.165, 1.54) is 0 Å². The third-order valence-electron chi connectivity index (χ3n) is 3.90. The Kier molecular flexibility index (Phi) is 5.57. The number of ether oxygens (including phenoxy) is 1. The van der Waals surface area contributed by atoms with Crippen LogP contribution in [0.1, 0.15) is 33.6 Å². The molecule has 1 fully saturated rings. The summed E-state index contributed by atoms with van der Waals surface area (Å²) in [6.07, 6.45) is 1.15. The molecule has 20 heavy (non-hydrogen) atoms. The zero-order valence-electron chi connectivity index (χ0n) is 12.6. The first kappa shape index (κ1) is 17.4. The fraction of sp³-hybridized carbons (Fsp3) is 0.923. The van der Waals surface area contributed by atoms with Crippen LogP contribution in [0.25, 0.3) is 0 Å². The molecule has 0 amide bonds. The minimum atomic E-state index is -3.02. The number of aliphatic carboxylic acids is 1. The molecule has 1 N–H and O–H groups in total. The first-order valence-corrected chi connectivity index (χ1v) is 8.61. The predicted octanol–water partition coefficient (Wildman–Crippen LogP) is 0.764. The molecule has 0 aromatic heterocycles. The lowest BCUT2D eigenvalue weighted by molar-refractivity contribution is -0.140. The molecule has 1 aliphatic rings. The van der Waals surface area contributed by atoms with Gasteiger partial charge in [-0.25, -0.2) is 8.42 Å². The number of carboxylic acids is 1. The summed E-state index contributed by atoms with van der Waals surface area (Å²) < 4.78 is 28.6. The first-order valence-electron chi connectivity index (χ1n) is 6.79. The average Bonchev–Trinajstić information content (AvgIpc) is 2.65. The van der Waals surface area contributed by atoms with Crippen LogP contribution in [0.3, 0.4) is 0 Å². The summed E-state index contributed by atoms with van der Waals surface area (Å²) in [6, 6.07) is -0.266. The standard InChI is InChI=1S/C13H25NO5S/c1-10(7-13(2,3)19-4)14(8-12(15)16)11-5-6-20(17,18)9-11/h10-11H,5-9H2,1-4H3,(H,15,16). The van der Waals surface area contributed by atoms with Crippen LogP contribution in [0.15, 0.2) is 0 Å². The van der Waals surface area contributed by atoms with Gasteiger partial charge in [-0.05, 0) is 33.6 Å². The van der Waals surface area contributed by atoms with E-state index in [4.69, 9.17) is 9.84 Å². The third-order valence-corrected chi connectivity index (χ3v) is 5.65. The summed E-state index contributed by atoms with van der Waals surface area (Å²) in [7, 11) is -1.41. The number of rotatable bonds is 7. The molecule has 7 heteroatoms. The summed E-state index contributed by atoms with van der Waals surface area (Å²) in [5.74, 6) is -0.733. The molecule has 0 aromatic carbocycles. The Morgan fingerprint density at radius 3 is 2.50 bits per heavy atom. The van der Waals surface area contributed by atoms with Crippen molar-refractivity contribution in [3.8, 4) is 0 Å². The van der Waals surface area contributed by atoms with Crippen LogP contribution in [-0.4, -0.2) is 67.2 Å². The summed E-state index contributed by atoms with van der Waals surface area (Å²) in [4.78, 5) is 12.8. The van der Waals surface area contributed by atoms with Crippen LogP contribution in [0.2, 0.25) is 0 Å². The third kappa shape index (κ3) is 5.03. The number of hydrogen-bond donors (Lipinski definition) is 1. The Morgan fingerprint density at radius 1 is 1.50 bits per heavy atom. The smallest absolute Gasteiger partial charge is 0.317 e. The van der Waals surface area contributed by atoms with E-state index >= 15 is 0 Å². The van der Waals surface area contributed by atoms with E-state index < -0.39 is 15.8 Å². The molecular weight excluding hydrogens is 282 g/mol. The number of hydrogen-bond acceptors (Lipinski definition) is 5. The first-order chi connectivity index (χ1) is 9.06. The van der Waals surface area contributed by atoms with Crippen LogP contribution < -0.4 is 0 Å². The highest BCUT2D eigenvalue weighted by molar-refractivity contribution is 7.91. The van der Waals surface area contributed by atoms with Crippen molar-refractivity contribution in [3.05, 3.63) is 0 Å². The monoisotopic (exact) mass is 307 g/mol. The van der Waals surface area contributed by atoms with Crippen LogP contribution in [0.5, 0.6) is 0 Å². The summed E-state index contributed by atoms with van der Waals surface area (Å²) in [6.45, 7) is 5.66. The van der Waals surface area contributed by atoms with Crippen LogP contribution in [0, 0.1) is 0 Å². The Hall–Kier alpha value is -0.660. The predicted molar refractivity (Wildman–Crippen MR) is 76.6 cm³/mol. The molecule has 0 saturated carbocycles. The number of methoxy groups -OCH3 is 1. The van der Waals surface area contributed by atoms with Gasteiger partial charge in [0.15, 0.2) is 9.84 Å². The Balaban J connectivity index is 2.81. The molecule has 1 rings (SSSR count). The second-order valence-electron chi connectivity index (χ2n) is 6.14. The van der Waals surface area contributed by atoms with E-state index in [-0.39, 0.29) is 35.7 Å². The molecule has 0 aliphatic carbocycles. The fourth-order valence-corrected chi connectivity index (χ4v) is 4.49. The second-order valence-corrected chi connectivity index (χ2v) is 8.37. The topological polar surface area (TPSA) is 83.9 Å². The summed E-state index contributed by atoms with van der Waals surface area (Å²) in [5, 5.41) is 9.06. The summed E-state index contributed by atoms with van der Waals surface area (Å²) in [5.41, 5.74) is -0.367. The molecule has 0 spiro atoms. The van der Waals surface area contributed by atoms with Gasteiger partial charge in [0.05, 0.1) is 23.7 Å². The maximum absolute atomic E-state index is 11.6. The van der Waals surface area contributed by atoms with Gasteiger partial charge >= 0.3 is 5.97 Å². The van der Waals surface area contributed by atoms with Gasteiger partial charge in [0.25, 0.3) is 0 Å². The molecule has 118 valence electrons. The fourth-order valence-electron chi connectivity index (χ4n) is 2.75. The number of nitrogens with zero attached hydrogens (tertiary/aromatic N) is 1. The highest BCUT2D eigenvalue weighted by Gasteiger charge is 2.36. The van der Waals surface area contributed by atoms with Crippen molar-refractivity contribution in [2.24, 2.45) is 0 Å². The van der Waals surface area contributed by atoms with Gasteiger partial charge in [-0.3, -0.25) is 9.69 Å². The lowest BCUT2D eigenvalue weighted by Gasteiger charge is -2.36. The lowest BCUT2D eigenvalue weighted by Crippen LogP contribution is -2.48. The molecule has 6 nitrogen and oxygen atoms in total. The lowest BCUT2D eigenvalue weighted by atomic mass is 9.97. The molecular formula is C13H25NO5S. The minimum Gasteiger partial charge on any atom is -0.480 e. The maximum atomic E-state index is 11.6. The average molecular weight is 307 g/mol. The Morgan fingerprint density at radius 2 is 2.10 bits per heavy atom. The van der Waals surface area contributed by atoms with E-state index in [2.05, 4.69) is 0 Å². The molecule has 0 radical (unpaired) electrons. The van der Waals surface area contributed by atoms with Gasteiger partial charge in [0.1, 0.15) is 0 Å². The molecule has 1 heterocycles. The zero-order chi connectivity index (χ0) is 15.6. The maximum Gasteiger partial charge on any atom is 0.317 e. The van der Waals surface area contributed by atoms with Gasteiger partial charge in [0, 0.05) is 19.2 Å². The van der Waals surface area contributed by atoms with E-state index in [1.54, 1.807) is 12.0 Å². The Bertz CT molecular complexity index is 446. The van der Waals surface area contributed by atoms with Gasteiger partial charge in [-0.15, -0.1) is 0 Å². The zero-order valence-corrected chi connectivity index (χ0v) is 13.4. The Labute approximate surface area is 121 Å². The number of carboxylic acid groups (broad SMARTS) is 1. The molecule has 1 aliphatic heterocycles. The normalized spacial score (nSPS) is 23.9. The molecule has 2 atom stereocenters. The van der Waals surface area contributed by atoms with Crippen molar-refractivity contribution < 1.29 is 23.1 Å². The number of sulfone groups is 1. The van der Waals surface area contributed by atoms with Crippen LogP contribution in [0.4, 0.5) is 0 Å². The minimum absolute atomic E-state index is 0.0536. The second kappa shape index (κ2) is 6.41. The van der Waals surface area contributed by atoms with Crippen molar-refractivity contribution in [2.75, 3.05) is 25.2 Å². The van der Waals surface area contributed by atoms with Crippen molar-refractivity contribution in [1.82, 2.24) is 4.90 Å². The van der Waals surface area contributed by atoms with Crippen molar-refractivity contribution >= 4 is 15.8 Å².